The minimum Gasteiger partial charge on any atom is -0.353 e. The van der Waals surface area contributed by atoms with Crippen molar-refractivity contribution in [1.29, 1.82) is 0 Å². The molecule has 3 heteroatoms. The predicted molar refractivity (Wildman–Crippen MR) is 137 cm³/mol. The zero-order valence-corrected chi connectivity index (χ0v) is 20.1. The number of nitrogens with zero attached hydrogens (tertiary/aromatic N) is 1. The number of carbonyl (C=O) groups excluding carboxylic acids is 1. The van der Waals surface area contributed by atoms with Crippen LogP contribution in [0.25, 0.3) is 22.0 Å². The molecule has 2 aliphatic rings. The first-order chi connectivity index (χ1) is 16.2. The van der Waals surface area contributed by atoms with E-state index in [1.165, 1.54) is 84.5 Å². The van der Waals surface area contributed by atoms with E-state index in [2.05, 4.69) is 65.5 Å². The lowest BCUT2D eigenvalue weighted by Crippen LogP contribution is -2.37. The van der Waals surface area contributed by atoms with Crippen LogP contribution < -0.4 is 5.32 Å². The quantitative estimate of drug-likeness (QED) is 0.431. The molecule has 1 N–H and O–H groups in total. The van der Waals surface area contributed by atoms with Crippen LogP contribution >= 0.6 is 0 Å². The molecule has 0 atom stereocenters. The van der Waals surface area contributed by atoms with Gasteiger partial charge in [0.05, 0.1) is 6.42 Å². The van der Waals surface area contributed by atoms with Crippen LogP contribution in [0, 0.1) is 12.8 Å². The van der Waals surface area contributed by atoms with Gasteiger partial charge in [-0.15, -0.1) is 0 Å². The molecule has 0 bridgehead atoms. The van der Waals surface area contributed by atoms with Crippen molar-refractivity contribution < 1.29 is 4.79 Å². The van der Waals surface area contributed by atoms with Gasteiger partial charge in [-0.3, -0.25) is 4.79 Å². The van der Waals surface area contributed by atoms with Gasteiger partial charge in [-0.05, 0) is 67.3 Å². The number of nitrogens with one attached hydrogen (secondary N) is 1. The molecular formula is C30H38N2O. The Labute approximate surface area is 198 Å². The molecule has 2 aliphatic carbocycles. The first kappa shape index (κ1) is 22.3. The molecule has 3 aromatic rings. The van der Waals surface area contributed by atoms with E-state index < -0.39 is 0 Å². The van der Waals surface area contributed by atoms with Gasteiger partial charge in [0.2, 0.25) is 5.91 Å². The lowest BCUT2D eigenvalue weighted by atomic mass is 9.89. The Balaban J connectivity index is 1.45. The van der Waals surface area contributed by atoms with E-state index in [1.807, 2.05) is 0 Å². The van der Waals surface area contributed by atoms with Crippen molar-refractivity contribution in [3.63, 3.8) is 0 Å². The van der Waals surface area contributed by atoms with Gasteiger partial charge in [0.1, 0.15) is 0 Å². The third kappa shape index (κ3) is 5.34. The maximum atomic E-state index is 13.0. The summed E-state index contributed by atoms with van der Waals surface area (Å²) in [7, 11) is 0. The molecule has 2 fully saturated rings. The SMILES string of the molecule is Cc1cccc(-c2ccc3c(c2)c(CC(=O)NC2CCCCC2)cn3CC2CCCCC2)c1. The highest BCUT2D eigenvalue weighted by molar-refractivity contribution is 5.92. The predicted octanol–water partition coefficient (Wildman–Crippen LogP) is 7.19. The van der Waals surface area contributed by atoms with Crippen molar-refractivity contribution in [3.8, 4) is 11.1 Å². The summed E-state index contributed by atoms with van der Waals surface area (Å²) in [6, 6.07) is 15.9. The van der Waals surface area contributed by atoms with Gasteiger partial charge < -0.3 is 9.88 Å². The lowest BCUT2D eigenvalue weighted by Gasteiger charge is -2.22. The van der Waals surface area contributed by atoms with E-state index in [-0.39, 0.29) is 5.91 Å². The summed E-state index contributed by atoms with van der Waals surface area (Å²) in [6.45, 7) is 3.22. The summed E-state index contributed by atoms with van der Waals surface area (Å²) in [4.78, 5) is 13.0. The van der Waals surface area contributed by atoms with E-state index in [0.29, 0.717) is 12.5 Å². The van der Waals surface area contributed by atoms with E-state index in [0.717, 1.165) is 25.3 Å². The van der Waals surface area contributed by atoms with E-state index in [1.54, 1.807) is 0 Å². The standard InChI is InChI=1S/C30H38N2O/c1-22-9-8-12-24(17-22)25-15-16-29-28(18-25)26(19-30(33)31-27-13-6-3-7-14-27)21-32(29)20-23-10-4-2-5-11-23/h8-9,12,15-18,21,23,27H,2-7,10-11,13-14,19-20H2,1H3,(H,31,33). The Morgan fingerprint density at radius 3 is 2.39 bits per heavy atom. The maximum Gasteiger partial charge on any atom is 0.224 e. The van der Waals surface area contributed by atoms with Crippen molar-refractivity contribution in [3.05, 3.63) is 59.8 Å². The largest absolute Gasteiger partial charge is 0.353 e. The molecule has 3 nitrogen and oxygen atoms in total. The summed E-state index contributed by atoms with van der Waals surface area (Å²) < 4.78 is 2.44. The van der Waals surface area contributed by atoms with Gasteiger partial charge in [-0.1, -0.05) is 74.4 Å². The van der Waals surface area contributed by atoms with Crippen molar-refractivity contribution in [1.82, 2.24) is 9.88 Å². The zero-order valence-electron chi connectivity index (χ0n) is 20.1. The van der Waals surface area contributed by atoms with Crippen LogP contribution in [0.1, 0.15) is 75.3 Å². The third-order valence-corrected chi connectivity index (χ3v) is 7.82. The fraction of sp³-hybridized carbons (Fsp3) is 0.500. The van der Waals surface area contributed by atoms with Gasteiger partial charge in [-0.25, -0.2) is 0 Å². The summed E-state index contributed by atoms with van der Waals surface area (Å²) in [6.07, 6.45) is 15.6. The molecule has 2 aromatic carbocycles. The van der Waals surface area contributed by atoms with E-state index in [4.69, 9.17) is 0 Å². The molecule has 0 saturated heterocycles. The minimum absolute atomic E-state index is 0.180. The zero-order chi connectivity index (χ0) is 22.6. The highest BCUT2D eigenvalue weighted by atomic mass is 16.1. The summed E-state index contributed by atoms with van der Waals surface area (Å²) in [5, 5.41) is 4.57. The monoisotopic (exact) mass is 442 g/mol. The topological polar surface area (TPSA) is 34.0 Å². The van der Waals surface area contributed by atoms with E-state index >= 15 is 0 Å². The number of fused-ring (bicyclic) bond motifs is 1. The Kier molecular flexibility index (Phi) is 6.85. The van der Waals surface area contributed by atoms with Crippen LogP contribution in [0.15, 0.2) is 48.7 Å². The number of hydrogen-bond acceptors (Lipinski definition) is 1. The number of benzene rings is 2. The molecule has 1 heterocycles. The maximum absolute atomic E-state index is 13.0. The Morgan fingerprint density at radius 1 is 0.909 bits per heavy atom. The van der Waals surface area contributed by atoms with Gasteiger partial charge in [0.25, 0.3) is 0 Å². The van der Waals surface area contributed by atoms with Crippen molar-refractivity contribution in [2.24, 2.45) is 5.92 Å². The summed E-state index contributed by atoms with van der Waals surface area (Å²) >= 11 is 0. The Bertz CT molecular complexity index is 1100. The number of rotatable bonds is 6. The normalized spacial score (nSPS) is 18.0. The van der Waals surface area contributed by atoms with Gasteiger partial charge in [0, 0.05) is 29.7 Å². The van der Waals surface area contributed by atoms with E-state index in [9.17, 15) is 4.79 Å². The van der Waals surface area contributed by atoms with Crippen molar-refractivity contribution in [2.75, 3.05) is 0 Å². The second-order valence-electron chi connectivity index (χ2n) is 10.5. The van der Waals surface area contributed by atoms with Gasteiger partial charge in [-0.2, -0.15) is 0 Å². The minimum atomic E-state index is 0.180. The molecule has 0 spiro atoms. The molecule has 0 aliphatic heterocycles. The molecule has 174 valence electrons. The number of aromatic nitrogens is 1. The first-order valence-corrected chi connectivity index (χ1v) is 13.1. The molecule has 1 aromatic heterocycles. The number of hydrogen-bond donors (Lipinski definition) is 1. The first-order valence-electron chi connectivity index (χ1n) is 13.1. The van der Waals surface area contributed by atoms with Gasteiger partial charge >= 0.3 is 0 Å². The smallest absolute Gasteiger partial charge is 0.224 e. The lowest BCUT2D eigenvalue weighted by molar-refractivity contribution is -0.121. The fourth-order valence-corrected chi connectivity index (χ4v) is 6.01. The second kappa shape index (κ2) is 10.2. The highest BCUT2D eigenvalue weighted by Crippen LogP contribution is 2.32. The summed E-state index contributed by atoms with van der Waals surface area (Å²) in [5.41, 5.74) is 6.20. The van der Waals surface area contributed by atoms with Crippen LogP contribution in [-0.4, -0.2) is 16.5 Å². The Morgan fingerprint density at radius 2 is 1.64 bits per heavy atom. The molecule has 33 heavy (non-hydrogen) atoms. The molecule has 2 saturated carbocycles. The van der Waals surface area contributed by atoms with Crippen LogP contribution in [0.3, 0.4) is 0 Å². The number of amides is 1. The highest BCUT2D eigenvalue weighted by Gasteiger charge is 2.20. The number of carbonyl (C=O) groups is 1. The molecule has 0 unspecified atom stereocenters. The average molecular weight is 443 g/mol. The molecule has 1 amide bonds. The van der Waals surface area contributed by atoms with Crippen LogP contribution in [-0.2, 0) is 17.8 Å². The number of aryl methyl sites for hydroxylation is 1. The average Bonchev–Trinajstić information content (AvgIpc) is 3.16. The molecular weight excluding hydrogens is 404 g/mol. The Hall–Kier alpha value is -2.55. The third-order valence-electron chi connectivity index (χ3n) is 7.82. The van der Waals surface area contributed by atoms with Crippen molar-refractivity contribution >= 4 is 16.8 Å². The fourth-order valence-electron chi connectivity index (χ4n) is 6.01. The second-order valence-corrected chi connectivity index (χ2v) is 10.5. The summed E-state index contributed by atoms with van der Waals surface area (Å²) in [5.74, 6) is 0.939. The molecule has 0 radical (unpaired) electrons. The van der Waals surface area contributed by atoms with Crippen LogP contribution in [0.5, 0.6) is 0 Å². The van der Waals surface area contributed by atoms with Crippen LogP contribution in [0.2, 0.25) is 0 Å². The van der Waals surface area contributed by atoms with Gasteiger partial charge in [0.15, 0.2) is 0 Å². The van der Waals surface area contributed by atoms with Crippen LogP contribution in [0.4, 0.5) is 0 Å². The van der Waals surface area contributed by atoms with Crippen molar-refractivity contribution in [2.45, 2.75) is 90.1 Å². The molecule has 5 rings (SSSR count).